The summed E-state index contributed by atoms with van der Waals surface area (Å²) in [7, 11) is 0. The van der Waals surface area contributed by atoms with E-state index < -0.39 is 0 Å². The maximum absolute atomic E-state index is 11.2. The molecule has 0 aliphatic rings. The molecule has 0 heterocycles. The van der Waals surface area contributed by atoms with Crippen molar-refractivity contribution in [3.05, 3.63) is 12.7 Å². The summed E-state index contributed by atoms with van der Waals surface area (Å²) in [5.74, 6) is -0.215. The highest BCUT2D eigenvalue weighted by Gasteiger charge is 2.11. The van der Waals surface area contributed by atoms with Gasteiger partial charge in [-0.1, -0.05) is 6.08 Å². The number of carbonyl (C=O) groups is 2. The standard InChI is InChI=1S/C9H15NO2/c1-4-6-10(5-2)9(12)7-8(3)11/h4H,1,5-7H2,2-3H3. The fraction of sp³-hybridized carbons (Fsp3) is 0.556. The van der Waals surface area contributed by atoms with E-state index in [4.69, 9.17) is 0 Å². The van der Waals surface area contributed by atoms with Crippen LogP contribution in [0, 0.1) is 0 Å². The summed E-state index contributed by atoms with van der Waals surface area (Å²) >= 11 is 0. The van der Waals surface area contributed by atoms with Gasteiger partial charge in [-0.15, -0.1) is 6.58 Å². The van der Waals surface area contributed by atoms with E-state index in [2.05, 4.69) is 6.58 Å². The lowest BCUT2D eigenvalue weighted by Crippen LogP contribution is -2.31. The van der Waals surface area contributed by atoms with Crippen molar-refractivity contribution in [2.75, 3.05) is 13.1 Å². The number of hydrogen-bond donors (Lipinski definition) is 0. The first-order valence-corrected chi connectivity index (χ1v) is 4.00. The van der Waals surface area contributed by atoms with Gasteiger partial charge in [0.25, 0.3) is 0 Å². The second-order valence-electron chi connectivity index (χ2n) is 2.60. The highest BCUT2D eigenvalue weighted by Crippen LogP contribution is 1.94. The Morgan fingerprint density at radius 3 is 2.42 bits per heavy atom. The molecule has 0 radical (unpaired) electrons. The summed E-state index contributed by atoms with van der Waals surface area (Å²) in [6, 6.07) is 0. The fourth-order valence-electron chi connectivity index (χ4n) is 0.888. The molecule has 0 bridgehead atoms. The third-order valence-corrected chi connectivity index (χ3v) is 1.48. The Hall–Kier alpha value is -1.12. The predicted molar refractivity (Wildman–Crippen MR) is 47.7 cm³/mol. The minimum Gasteiger partial charge on any atom is -0.339 e. The van der Waals surface area contributed by atoms with E-state index in [9.17, 15) is 9.59 Å². The fourth-order valence-corrected chi connectivity index (χ4v) is 0.888. The summed E-state index contributed by atoms with van der Waals surface area (Å²) in [6.07, 6.45) is 1.66. The number of amides is 1. The smallest absolute Gasteiger partial charge is 0.230 e. The molecule has 0 aromatic rings. The molecule has 0 aromatic carbocycles. The summed E-state index contributed by atoms with van der Waals surface area (Å²) < 4.78 is 0. The SMILES string of the molecule is C=CCN(CC)C(=O)CC(C)=O. The largest absolute Gasteiger partial charge is 0.339 e. The number of ketones is 1. The van der Waals surface area contributed by atoms with Crippen molar-refractivity contribution in [1.82, 2.24) is 4.90 Å². The molecular weight excluding hydrogens is 154 g/mol. The molecule has 0 unspecified atom stereocenters. The van der Waals surface area contributed by atoms with Gasteiger partial charge in [-0.3, -0.25) is 9.59 Å². The third-order valence-electron chi connectivity index (χ3n) is 1.48. The van der Waals surface area contributed by atoms with Crippen LogP contribution in [0.3, 0.4) is 0 Å². The van der Waals surface area contributed by atoms with E-state index in [0.717, 1.165) is 0 Å². The van der Waals surface area contributed by atoms with Gasteiger partial charge < -0.3 is 4.90 Å². The number of rotatable bonds is 5. The normalized spacial score (nSPS) is 9.17. The van der Waals surface area contributed by atoms with Crippen LogP contribution in [0.5, 0.6) is 0 Å². The zero-order valence-corrected chi connectivity index (χ0v) is 7.67. The van der Waals surface area contributed by atoms with Gasteiger partial charge in [0.05, 0.1) is 6.42 Å². The Labute approximate surface area is 73.1 Å². The van der Waals surface area contributed by atoms with Gasteiger partial charge in [0.1, 0.15) is 5.78 Å². The molecule has 0 saturated heterocycles. The molecule has 1 amide bonds. The molecule has 3 nitrogen and oxygen atoms in total. The molecule has 0 aliphatic carbocycles. The molecule has 0 rings (SSSR count). The van der Waals surface area contributed by atoms with Crippen LogP contribution in [0.4, 0.5) is 0 Å². The monoisotopic (exact) mass is 169 g/mol. The van der Waals surface area contributed by atoms with Crippen molar-refractivity contribution < 1.29 is 9.59 Å². The zero-order valence-electron chi connectivity index (χ0n) is 7.67. The molecule has 0 spiro atoms. The highest BCUT2D eigenvalue weighted by atomic mass is 16.2. The molecule has 12 heavy (non-hydrogen) atoms. The maximum atomic E-state index is 11.2. The highest BCUT2D eigenvalue weighted by molar-refractivity contribution is 5.96. The Kier molecular flexibility index (Phi) is 5.00. The van der Waals surface area contributed by atoms with Crippen LogP contribution in [0.2, 0.25) is 0 Å². The van der Waals surface area contributed by atoms with E-state index in [0.29, 0.717) is 13.1 Å². The van der Waals surface area contributed by atoms with Crippen molar-refractivity contribution in [2.45, 2.75) is 20.3 Å². The van der Waals surface area contributed by atoms with Crippen LogP contribution in [-0.4, -0.2) is 29.7 Å². The summed E-state index contributed by atoms with van der Waals surface area (Å²) in [5.41, 5.74) is 0. The number of nitrogens with zero attached hydrogens (tertiary/aromatic N) is 1. The maximum Gasteiger partial charge on any atom is 0.230 e. The van der Waals surface area contributed by atoms with E-state index >= 15 is 0 Å². The summed E-state index contributed by atoms with van der Waals surface area (Å²) in [4.78, 5) is 23.4. The molecular formula is C9H15NO2. The van der Waals surface area contributed by atoms with Crippen molar-refractivity contribution >= 4 is 11.7 Å². The third kappa shape index (κ3) is 3.91. The summed E-state index contributed by atoms with van der Waals surface area (Å²) in [6.45, 7) is 7.96. The number of likely N-dealkylation sites (N-methyl/N-ethyl adjacent to an activating group) is 1. The van der Waals surface area contributed by atoms with E-state index in [1.54, 1.807) is 11.0 Å². The lowest BCUT2D eigenvalue weighted by molar-refractivity contribution is -0.134. The minimum atomic E-state index is -0.120. The van der Waals surface area contributed by atoms with Gasteiger partial charge in [-0.05, 0) is 13.8 Å². The van der Waals surface area contributed by atoms with Crippen LogP contribution in [0.15, 0.2) is 12.7 Å². The van der Waals surface area contributed by atoms with Crippen molar-refractivity contribution in [3.63, 3.8) is 0 Å². The Morgan fingerprint density at radius 1 is 1.50 bits per heavy atom. The number of carbonyl (C=O) groups excluding carboxylic acids is 2. The van der Waals surface area contributed by atoms with E-state index in [1.807, 2.05) is 6.92 Å². The van der Waals surface area contributed by atoms with Crippen LogP contribution < -0.4 is 0 Å². The van der Waals surface area contributed by atoms with Crippen LogP contribution in [-0.2, 0) is 9.59 Å². The van der Waals surface area contributed by atoms with Gasteiger partial charge in [-0.25, -0.2) is 0 Å². The second kappa shape index (κ2) is 5.52. The average Bonchev–Trinajstić information content (AvgIpc) is 1.98. The van der Waals surface area contributed by atoms with Crippen LogP contribution in [0.25, 0.3) is 0 Å². The minimum absolute atomic E-state index is 0.00167. The van der Waals surface area contributed by atoms with Gasteiger partial charge in [0.15, 0.2) is 0 Å². The topological polar surface area (TPSA) is 37.4 Å². The summed E-state index contributed by atoms with van der Waals surface area (Å²) in [5, 5.41) is 0. The van der Waals surface area contributed by atoms with Gasteiger partial charge in [0, 0.05) is 13.1 Å². The zero-order chi connectivity index (χ0) is 9.56. The lowest BCUT2D eigenvalue weighted by atomic mass is 10.3. The molecule has 0 fully saturated rings. The second-order valence-corrected chi connectivity index (χ2v) is 2.60. The van der Waals surface area contributed by atoms with Crippen molar-refractivity contribution in [2.24, 2.45) is 0 Å². The van der Waals surface area contributed by atoms with Gasteiger partial charge >= 0.3 is 0 Å². The quantitative estimate of drug-likeness (QED) is 0.455. The van der Waals surface area contributed by atoms with Gasteiger partial charge in [0.2, 0.25) is 5.91 Å². The average molecular weight is 169 g/mol. The molecule has 68 valence electrons. The molecule has 3 heteroatoms. The first kappa shape index (κ1) is 10.9. The molecule has 0 aromatic heterocycles. The van der Waals surface area contributed by atoms with Gasteiger partial charge in [-0.2, -0.15) is 0 Å². The van der Waals surface area contributed by atoms with Crippen LogP contribution in [0.1, 0.15) is 20.3 Å². The Morgan fingerprint density at radius 2 is 2.08 bits per heavy atom. The van der Waals surface area contributed by atoms with E-state index in [-0.39, 0.29) is 18.1 Å². The number of Topliss-reactive ketones (excluding diaryl/α,β-unsaturated/α-hetero) is 1. The van der Waals surface area contributed by atoms with Crippen LogP contribution >= 0.6 is 0 Å². The first-order chi connectivity index (χ1) is 5.61. The molecule has 0 saturated carbocycles. The van der Waals surface area contributed by atoms with Crippen molar-refractivity contribution in [1.29, 1.82) is 0 Å². The molecule has 0 aliphatic heterocycles. The predicted octanol–water partition coefficient (Wildman–Crippen LogP) is 1.00. The molecule has 0 atom stereocenters. The Balaban J connectivity index is 4.02. The van der Waals surface area contributed by atoms with Crippen molar-refractivity contribution in [3.8, 4) is 0 Å². The van der Waals surface area contributed by atoms with E-state index in [1.165, 1.54) is 6.92 Å². The first-order valence-electron chi connectivity index (χ1n) is 4.00. The Bertz CT molecular complexity index is 187. The lowest BCUT2D eigenvalue weighted by Gasteiger charge is -2.17. The molecule has 0 N–H and O–H groups in total. The number of hydrogen-bond acceptors (Lipinski definition) is 2.